The Hall–Kier alpha value is -3.61. The van der Waals surface area contributed by atoms with E-state index in [0.717, 1.165) is 5.56 Å². The zero-order valence-corrected chi connectivity index (χ0v) is 12.5. The summed E-state index contributed by atoms with van der Waals surface area (Å²) >= 11 is 0. The van der Waals surface area contributed by atoms with Crippen molar-refractivity contribution in [3.63, 3.8) is 0 Å². The molecule has 0 fully saturated rings. The Morgan fingerprint density at radius 2 is 1.67 bits per heavy atom. The fourth-order valence-electron chi connectivity index (χ4n) is 2.10. The van der Waals surface area contributed by atoms with Crippen molar-refractivity contribution in [2.24, 2.45) is 0 Å². The minimum Gasteiger partial charge on any atom is -0.424 e. The molecule has 0 atom stereocenters. The Morgan fingerprint density at radius 1 is 0.833 bits per heavy atom. The number of aromatic amines is 1. The van der Waals surface area contributed by atoms with Crippen molar-refractivity contribution in [2.45, 2.75) is 0 Å². The molecule has 0 amide bonds. The van der Waals surface area contributed by atoms with Gasteiger partial charge < -0.3 is 4.74 Å². The first-order valence-corrected chi connectivity index (χ1v) is 7.26. The van der Waals surface area contributed by atoms with Gasteiger partial charge in [0.1, 0.15) is 5.75 Å². The lowest BCUT2D eigenvalue weighted by molar-refractivity contribution is 0.442. The van der Waals surface area contributed by atoms with Gasteiger partial charge in [-0.15, -0.1) is 0 Å². The highest BCUT2D eigenvalue weighted by molar-refractivity contribution is 5.59. The first-order chi connectivity index (χ1) is 11.9. The number of hydrogen-bond acceptors (Lipinski definition) is 6. The van der Waals surface area contributed by atoms with E-state index in [0.29, 0.717) is 23.0 Å². The maximum absolute atomic E-state index is 5.56. The molecule has 0 unspecified atom stereocenters. The van der Waals surface area contributed by atoms with E-state index in [9.17, 15) is 0 Å². The van der Waals surface area contributed by atoms with Gasteiger partial charge in [-0.1, -0.05) is 18.2 Å². The van der Waals surface area contributed by atoms with Crippen LogP contribution in [0.4, 0.5) is 0 Å². The number of nitrogens with one attached hydrogen (secondary N) is 1. The molecule has 1 N–H and O–H groups in total. The first-order valence-electron chi connectivity index (χ1n) is 7.26. The lowest BCUT2D eigenvalue weighted by Gasteiger charge is -2.02. The molecule has 24 heavy (non-hydrogen) atoms. The Bertz CT molecular complexity index is 922. The summed E-state index contributed by atoms with van der Waals surface area (Å²) in [6.45, 7) is 0. The Morgan fingerprint density at radius 3 is 2.42 bits per heavy atom. The van der Waals surface area contributed by atoms with Crippen LogP contribution < -0.4 is 4.74 Å². The third-order valence-corrected chi connectivity index (χ3v) is 3.26. The first kappa shape index (κ1) is 14.0. The van der Waals surface area contributed by atoms with E-state index in [2.05, 4.69) is 30.1 Å². The summed E-state index contributed by atoms with van der Waals surface area (Å²) in [5.41, 5.74) is 1.56. The third-order valence-electron chi connectivity index (χ3n) is 3.26. The molecule has 0 saturated carbocycles. The summed E-state index contributed by atoms with van der Waals surface area (Å²) in [7, 11) is 0. The van der Waals surface area contributed by atoms with Gasteiger partial charge in [-0.2, -0.15) is 5.10 Å². The van der Waals surface area contributed by atoms with Crippen LogP contribution in [0.15, 0.2) is 67.3 Å². The van der Waals surface area contributed by atoms with Gasteiger partial charge in [0.25, 0.3) is 0 Å². The van der Waals surface area contributed by atoms with Gasteiger partial charge in [-0.05, 0) is 24.3 Å². The molecule has 0 aliphatic heterocycles. The molecule has 0 saturated heterocycles. The summed E-state index contributed by atoms with van der Waals surface area (Å²) in [6.07, 6.45) is 6.68. The molecule has 0 bridgehead atoms. The highest BCUT2D eigenvalue weighted by atomic mass is 16.5. The summed E-state index contributed by atoms with van der Waals surface area (Å²) in [5, 5.41) is 7.08. The maximum Gasteiger partial charge on any atom is 0.321 e. The van der Waals surface area contributed by atoms with Gasteiger partial charge in [-0.25, -0.2) is 15.0 Å². The predicted octanol–water partition coefficient (Wildman–Crippen LogP) is 3.12. The van der Waals surface area contributed by atoms with Gasteiger partial charge in [0.15, 0.2) is 11.6 Å². The molecule has 0 aliphatic carbocycles. The van der Waals surface area contributed by atoms with Crippen LogP contribution in [0.25, 0.3) is 22.8 Å². The molecule has 4 rings (SSSR count). The van der Waals surface area contributed by atoms with Crippen LogP contribution in [-0.4, -0.2) is 30.1 Å². The lowest BCUT2D eigenvalue weighted by Crippen LogP contribution is -1.92. The SMILES string of the molecule is c1ccc(Oc2ncc(-c3n[nH]c(-c4cccnc4)n3)cn2)cc1. The second-order valence-corrected chi connectivity index (χ2v) is 4.92. The van der Waals surface area contributed by atoms with Gasteiger partial charge in [0.2, 0.25) is 0 Å². The number of nitrogens with zero attached hydrogens (tertiary/aromatic N) is 5. The molecular formula is C17H12N6O. The monoisotopic (exact) mass is 316 g/mol. The number of ether oxygens (including phenoxy) is 1. The summed E-state index contributed by atoms with van der Waals surface area (Å²) < 4.78 is 5.56. The van der Waals surface area contributed by atoms with Crippen LogP contribution in [0.1, 0.15) is 0 Å². The van der Waals surface area contributed by atoms with Crippen LogP contribution in [0.3, 0.4) is 0 Å². The van der Waals surface area contributed by atoms with Gasteiger partial charge in [-0.3, -0.25) is 10.1 Å². The number of aromatic nitrogens is 6. The molecule has 7 nitrogen and oxygen atoms in total. The van der Waals surface area contributed by atoms with Crippen molar-refractivity contribution in [3.05, 3.63) is 67.3 Å². The largest absolute Gasteiger partial charge is 0.424 e. The van der Waals surface area contributed by atoms with E-state index in [1.54, 1.807) is 24.8 Å². The fourth-order valence-corrected chi connectivity index (χ4v) is 2.10. The number of pyridine rings is 1. The Kier molecular flexibility index (Phi) is 3.65. The van der Waals surface area contributed by atoms with Crippen LogP contribution in [0, 0.1) is 0 Å². The van der Waals surface area contributed by atoms with Crippen molar-refractivity contribution >= 4 is 0 Å². The Labute approximate surface area is 137 Å². The topological polar surface area (TPSA) is 89.5 Å². The second-order valence-electron chi connectivity index (χ2n) is 4.92. The van der Waals surface area contributed by atoms with Crippen LogP contribution in [-0.2, 0) is 0 Å². The van der Waals surface area contributed by atoms with Gasteiger partial charge in [0.05, 0.1) is 5.56 Å². The number of para-hydroxylation sites is 1. The maximum atomic E-state index is 5.56. The molecule has 4 aromatic rings. The molecule has 1 aromatic carbocycles. The minimum atomic E-state index is 0.271. The molecular weight excluding hydrogens is 304 g/mol. The summed E-state index contributed by atoms with van der Waals surface area (Å²) in [5.74, 6) is 1.84. The number of hydrogen-bond donors (Lipinski definition) is 1. The molecule has 0 aliphatic rings. The molecule has 7 heteroatoms. The third kappa shape index (κ3) is 2.95. The summed E-state index contributed by atoms with van der Waals surface area (Å²) in [4.78, 5) is 16.9. The Balaban J connectivity index is 1.54. The van der Waals surface area contributed by atoms with E-state index >= 15 is 0 Å². The van der Waals surface area contributed by atoms with Crippen molar-refractivity contribution < 1.29 is 4.74 Å². The van der Waals surface area contributed by atoms with Crippen LogP contribution >= 0.6 is 0 Å². The summed E-state index contributed by atoms with van der Waals surface area (Å²) in [6, 6.07) is 13.4. The molecule has 0 spiro atoms. The average molecular weight is 316 g/mol. The van der Waals surface area contributed by atoms with Gasteiger partial charge in [0, 0.05) is 30.4 Å². The lowest BCUT2D eigenvalue weighted by atomic mass is 10.3. The van der Waals surface area contributed by atoms with E-state index in [1.807, 2.05) is 42.5 Å². The van der Waals surface area contributed by atoms with E-state index in [-0.39, 0.29) is 6.01 Å². The highest BCUT2D eigenvalue weighted by Gasteiger charge is 2.09. The van der Waals surface area contributed by atoms with Crippen molar-refractivity contribution in [1.82, 2.24) is 30.1 Å². The number of rotatable bonds is 4. The molecule has 3 heterocycles. The fraction of sp³-hybridized carbons (Fsp3) is 0. The molecule has 3 aromatic heterocycles. The smallest absolute Gasteiger partial charge is 0.321 e. The predicted molar refractivity (Wildman–Crippen MR) is 87.2 cm³/mol. The van der Waals surface area contributed by atoms with E-state index < -0.39 is 0 Å². The minimum absolute atomic E-state index is 0.271. The molecule has 116 valence electrons. The number of H-pyrrole nitrogens is 1. The van der Waals surface area contributed by atoms with Crippen LogP contribution in [0.2, 0.25) is 0 Å². The highest BCUT2D eigenvalue weighted by Crippen LogP contribution is 2.20. The van der Waals surface area contributed by atoms with Crippen molar-refractivity contribution in [3.8, 4) is 34.5 Å². The average Bonchev–Trinajstić information content (AvgIpc) is 3.14. The zero-order chi connectivity index (χ0) is 16.2. The molecule has 0 radical (unpaired) electrons. The standard InChI is InChI=1S/C17H12N6O/c1-2-6-14(7-3-1)24-17-19-10-13(11-20-17)16-21-15(22-23-16)12-5-4-8-18-9-12/h1-11H,(H,21,22,23). The normalized spacial score (nSPS) is 10.5. The second kappa shape index (κ2) is 6.25. The van der Waals surface area contributed by atoms with E-state index in [1.165, 1.54) is 0 Å². The van der Waals surface area contributed by atoms with Crippen LogP contribution in [0.5, 0.6) is 11.8 Å². The number of benzene rings is 1. The quantitative estimate of drug-likeness (QED) is 0.622. The van der Waals surface area contributed by atoms with Gasteiger partial charge >= 0.3 is 6.01 Å². The van der Waals surface area contributed by atoms with Crippen molar-refractivity contribution in [1.29, 1.82) is 0 Å². The van der Waals surface area contributed by atoms with Crippen molar-refractivity contribution in [2.75, 3.05) is 0 Å². The van der Waals surface area contributed by atoms with E-state index in [4.69, 9.17) is 4.74 Å². The zero-order valence-electron chi connectivity index (χ0n) is 12.5.